The number of esters is 1. The lowest BCUT2D eigenvalue weighted by Gasteiger charge is -2.10. The van der Waals surface area contributed by atoms with Crippen molar-refractivity contribution in [3.63, 3.8) is 0 Å². The number of hydrogen-bond acceptors (Lipinski definition) is 5. The van der Waals surface area contributed by atoms with Crippen molar-refractivity contribution in [2.75, 3.05) is 26.1 Å². The highest BCUT2D eigenvalue weighted by Gasteiger charge is 2.16. The Morgan fingerprint density at radius 1 is 1.08 bits per heavy atom. The molecular formula is C18H17ClN2O5. The molecule has 0 fully saturated rings. The zero-order valence-electron chi connectivity index (χ0n) is 14.2. The molecule has 0 heterocycles. The normalized spacial score (nSPS) is 9.96. The standard InChI is InChI=1S/C18H17ClN2O5/c1-20-17(23)11-3-6-13(7-4-11)21-16(22)10-26-18(24)14-9-12(19)5-8-15(14)25-2/h3-9H,10H2,1-2H3,(H,20,23)(H,21,22). The van der Waals surface area contributed by atoms with E-state index in [-0.39, 0.29) is 11.5 Å². The molecule has 2 amide bonds. The maximum absolute atomic E-state index is 12.1. The fraction of sp³-hybridized carbons (Fsp3) is 0.167. The Labute approximate surface area is 155 Å². The molecule has 0 aromatic heterocycles. The Balaban J connectivity index is 1.93. The molecule has 2 aromatic rings. The number of anilines is 1. The van der Waals surface area contributed by atoms with Crippen LogP contribution in [0.5, 0.6) is 5.75 Å². The van der Waals surface area contributed by atoms with Gasteiger partial charge in [-0.3, -0.25) is 9.59 Å². The summed E-state index contributed by atoms with van der Waals surface area (Å²) in [6.07, 6.45) is 0. The largest absolute Gasteiger partial charge is 0.496 e. The number of amides is 2. The van der Waals surface area contributed by atoms with Gasteiger partial charge in [-0.15, -0.1) is 0 Å². The van der Waals surface area contributed by atoms with E-state index in [9.17, 15) is 14.4 Å². The SMILES string of the molecule is CNC(=O)c1ccc(NC(=O)COC(=O)c2cc(Cl)ccc2OC)cc1. The zero-order chi connectivity index (χ0) is 19.1. The van der Waals surface area contributed by atoms with Crippen molar-refractivity contribution in [1.29, 1.82) is 0 Å². The first-order chi connectivity index (χ1) is 12.4. The summed E-state index contributed by atoms with van der Waals surface area (Å²) in [7, 11) is 2.94. The first-order valence-corrected chi connectivity index (χ1v) is 7.95. The van der Waals surface area contributed by atoms with Gasteiger partial charge in [0, 0.05) is 23.3 Å². The van der Waals surface area contributed by atoms with E-state index in [1.807, 2.05) is 0 Å². The number of nitrogens with one attached hydrogen (secondary N) is 2. The molecule has 2 rings (SSSR count). The molecule has 26 heavy (non-hydrogen) atoms. The highest BCUT2D eigenvalue weighted by molar-refractivity contribution is 6.31. The van der Waals surface area contributed by atoms with Gasteiger partial charge in [0.15, 0.2) is 6.61 Å². The van der Waals surface area contributed by atoms with E-state index in [0.717, 1.165) is 0 Å². The molecule has 0 unspecified atom stereocenters. The van der Waals surface area contributed by atoms with E-state index in [1.54, 1.807) is 30.3 Å². The van der Waals surface area contributed by atoms with Gasteiger partial charge in [0.05, 0.1) is 7.11 Å². The minimum atomic E-state index is -0.727. The van der Waals surface area contributed by atoms with Crippen molar-refractivity contribution >= 4 is 35.1 Å². The van der Waals surface area contributed by atoms with Crippen LogP contribution in [0.3, 0.4) is 0 Å². The fourth-order valence-corrected chi connectivity index (χ4v) is 2.27. The predicted octanol–water partition coefficient (Wildman–Crippen LogP) is 2.50. The highest BCUT2D eigenvalue weighted by atomic mass is 35.5. The second-order valence-corrected chi connectivity index (χ2v) is 5.56. The number of benzene rings is 2. The average Bonchev–Trinajstić information content (AvgIpc) is 2.66. The summed E-state index contributed by atoms with van der Waals surface area (Å²) in [5, 5.41) is 5.41. The van der Waals surface area contributed by atoms with Gasteiger partial charge >= 0.3 is 5.97 Å². The van der Waals surface area contributed by atoms with Crippen LogP contribution in [0.1, 0.15) is 20.7 Å². The Morgan fingerprint density at radius 2 is 1.77 bits per heavy atom. The molecule has 7 nitrogen and oxygen atoms in total. The van der Waals surface area contributed by atoms with Crippen molar-refractivity contribution in [3.05, 3.63) is 58.6 Å². The second kappa shape index (κ2) is 8.87. The van der Waals surface area contributed by atoms with Crippen LogP contribution in [0.25, 0.3) is 0 Å². The minimum absolute atomic E-state index is 0.128. The van der Waals surface area contributed by atoms with Crippen LogP contribution in [-0.2, 0) is 9.53 Å². The minimum Gasteiger partial charge on any atom is -0.496 e. The van der Waals surface area contributed by atoms with E-state index in [1.165, 1.54) is 26.3 Å². The topological polar surface area (TPSA) is 93.7 Å². The lowest BCUT2D eigenvalue weighted by Crippen LogP contribution is -2.21. The van der Waals surface area contributed by atoms with Crippen LogP contribution >= 0.6 is 11.6 Å². The van der Waals surface area contributed by atoms with Crippen LogP contribution in [-0.4, -0.2) is 38.5 Å². The monoisotopic (exact) mass is 376 g/mol. The van der Waals surface area contributed by atoms with Gasteiger partial charge in [0.1, 0.15) is 11.3 Å². The molecule has 0 radical (unpaired) electrons. The van der Waals surface area contributed by atoms with E-state index >= 15 is 0 Å². The molecule has 0 bridgehead atoms. The van der Waals surface area contributed by atoms with Crippen LogP contribution in [0.4, 0.5) is 5.69 Å². The molecule has 0 saturated carbocycles. The summed E-state index contributed by atoms with van der Waals surface area (Å²) in [5.74, 6) is -1.18. The van der Waals surface area contributed by atoms with Gasteiger partial charge in [-0.25, -0.2) is 4.79 Å². The van der Waals surface area contributed by atoms with Crippen LogP contribution in [0.15, 0.2) is 42.5 Å². The van der Waals surface area contributed by atoms with Crippen molar-refractivity contribution in [1.82, 2.24) is 5.32 Å². The number of carbonyl (C=O) groups excluding carboxylic acids is 3. The molecule has 2 N–H and O–H groups in total. The summed E-state index contributed by atoms with van der Waals surface area (Å²) in [6, 6.07) is 10.8. The Bertz CT molecular complexity index is 821. The average molecular weight is 377 g/mol. The van der Waals surface area contributed by atoms with Crippen molar-refractivity contribution in [2.24, 2.45) is 0 Å². The predicted molar refractivity (Wildman–Crippen MR) is 96.7 cm³/mol. The summed E-state index contributed by atoms with van der Waals surface area (Å²) in [4.78, 5) is 35.5. The number of methoxy groups -OCH3 is 1. The lowest BCUT2D eigenvalue weighted by molar-refractivity contribution is -0.119. The summed E-state index contributed by atoms with van der Waals surface area (Å²) in [5.41, 5.74) is 1.06. The van der Waals surface area contributed by atoms with Crippen molar-refractivity contribution in [2.45, 2.75) is 0 Å². The van der Waals surface area contributed by atoms with Gasteiger partial charge in [-0.2, -0.15) is 0 Å². The quantitative estimate of drug-likeness (QED) is 0.755. The molecule has 0 aliphatic heterocycles. The molecule has 0 aliphatic rings. The molecule has 2 aromatic carbocycles. The summed E-state index contributed by atoms with van der Waals surface area (Å²) < 4.78 is 10.1. The molecule has 136 valence electrons. The molecule has 8 heteroatoms. The van der Waals surface area contributed by atoms with Gasteiger partial charge in [0.25, 0.3) is 11.8 Å². The zero-order valence-corrected chi connectivity index (χ0v) is 14.9. The number of halogens is 1. The third-order valence-electron chi connectivity index (χ3n) is 3.37. The Morgan fingerprint density at radius 3 is 2.38 bits per heavy atom. The number of ether oxygens (including phenoxy) is 2. The molecule has 0 aliphatic carbocycles. The van der Waals surface area contributed by atoms with Gasteiger partial charge in [-0.1, -0.05) is 11.6 Å². The van der Waals surface area contributed by atoms with Crippen LogP contribution in [0, 0.1) is 0 Å². The fourth-order valence-electron chi connectivity index (χ4n) is 2.09. The first kappa shape index (κ1) is 19.3. The maximum Gasteiger partial charge on any atom is 0.342 e. The van der Waals surface area contributed by atoms with E-state index < -0.39 is 18.5 Å². The van der Waals surface area contributed by atoms with Gasteiger partial charge in [0.2, 0.25) is 0 Å². The second-order valence-electron chi connectivity index (χ2n) is 5.13. The Kier molecular flexibility index (Phi) is 6.57. The maximum atomic E-state index is 12.1. The highest BCUT2D eigenvalue weighted by Crippen LogP contribution is 2.23. The van der Waals surface area contributed by atoms with Gasteiger partial charge < -0.3 is 20.1 Å². The van der Waals surface area contributed by atoms with Gasteiger partial charge in [-0.05, 0) is 42.5 Å². The summed E-state index contributed by atoms with van der Waals surface area (Å²) in [6.45, 7) is -0.480. The number of rotatable bonds is 6. The smallest absolute Gasteiger partial charge is 0.342 e. The third kappa shape index (κ3) is 4.97. The van der Waals surface area contributed by atoms with Crippen LogP contribution in [0.2, 0.25) is 5.02 Å². The van der Waals surface area contributed by atoms with E-state index in [0.29, 0.717) is 22.0 Å². The molecular weight excluding hydrogens is 360 g/mol. The number of carbonyl (C=O) groups is 3. The first-order valence-electron chi connectivity index (χ1n) is 7.57. The van der Waals surface area contributed by atoms with Crippen molar-refractivity contribution in [3.8, 4) is 5.75 Å². The Hall–Kier alpha value is -3.06. The van der Waals surface area contributed by atoms with Crippen LogP contribution < -0.4 is 15.4 Å². The summed E-state index contributed by atoms with van der Waals surface area (Å²) >= 11 is 5.86. The molecule has 0 saturated heterocycles. The van der Waals surface area contributed by atoms with E-state index in [2.05, 4.69) is 10.6 Å². The van der Waals surface area contributed by atoms with Crippen molar-refractivity contribution < 1.29 is 23.9 Å². The van der Waals surface area contributed by atoms with E-state index in [4.69, 9.17) is 21.1 Å². The third-order valence-corrected chi connectivity index (χ3v) is 3.61. The molecule has 0 atom stereocenters. The molecule has 0 spiro atoms. The number of hydrogen-bond donors (Lipinski definition) is 2. The lowest BCUT2D eigenvalue weighted by atomic mass is 10.2.